The molecule has 0 radical (unpaired) electrons. The van der Waals surface area contributed by atoms with E-state index in [1.165, 1.54) is 0 Å². The smallest absolute Gasteiger partial charge is 0.276 e. The van der Waals surface area contributed by atoms with Crippen molar-refractivity contribution in [2.24, 2.45) is 5.10 Å². The topological polar surface area (TPSA) is 72.9 Å². The fourth-order valence-corrected chi connectivity index (χ4v) is 5.35. The molecule has 7 nitrogen and oxygen atoms in total. The lowest BCUT2D eigenvalue weighted by Gasteiger charge is -2.25. The summed E-state index contributed by atoms with van der Waals surface area (Å²) in [6.07, 6.45) is 3.31. The zero-order valence-electron chi connectivity index (χ0n) is 20.1. The van der Waals surface area contributed by atoms with Crippen LogP contribution in [0.15, 0.2) is 112 Å². The lowest BCUT2D eigenvalue weighted by atomic mass is 9.99. The van der Waals surface area contributed by atoms with Crippen LogP contribution in [0.5, 0.6) is 0 Å². The van der Waals surface area contributed by atoms with Crippen LogP contribution in [0.4, 0.5) is 0 Å². The first kappa shape index (κ1) is 23.1. The molecule has 0 unspecified atom stereocenters. The van der Waals surface area contributed by atoms with E-state index in [-0.39, 0.29) is 11.9 Å². The molecule has 8 heteroatoms. The lowest BCUT2D eigenvalue weighted by molar-refractivity contribution is -0.144. The largest absolute Gasteiger partial charge is 0.463 e. The zero-order chi connectivity index (χ0) is 25.2. The van der Waals surface area contributed by atoms with Gasteiger partial charge in [-0.2, -0.15) is 10.2 Å². The molecule has 2 atom stereocenters. The summed E-state index contributed by atoms with van der Waals surface area (Å²) in [5.74, 6) is 0.395. The van der Waals surface area contributed by atoms with Crippen LogP contribution in [0, 0.1) is 0 Å². The Morgan fingerprint density at radius 3 is 2.49 bits per heavy atom. The second kappa shape index (κ2) is 10.0. The third-order valence-corrected chi connectivity index (χ3v) is 7.26. The molecule has 0 saturated carbocycles. The maximum atomic E-state index is 14.0. The van der Waals surface area contributed by atoms with Crippen LogP contribution >= 0.6 is 11.3 Å². The minimum atomic E-state index is -0.794. The monoisotopic (exact) mass is 508 g/mol. The van der Waals surface area contributed by atoms with Gasteiger partial charge in [0.05, 0.1) is 22.9 Å². The Morgan fingerprint density at radius 2 is 1.81 bits per heavy atom. The molecule has 0 N–H and O–H groups in total. The molecule has 0 fully saturated rings. The Balaban J connectivity index is 1.46. The van der Waals surface area contributed by atoms with E-state index >= 15 is 0 Å². The molecule has 0 saturated heterocycles. The van der Waals surface area contributed by atoms with Crippen molar-refractivity contribution in [1.82, 2.24) is 14.8 Å². The maximum absolute atomic E-state index is 14.0. The van der Waals surface area contributed by atoms with Crippen molar-refractivity contribution in [3.63, 3.8) is 0 Å². The fraction of sp³-hybridized carbons (Fsp3) is 0.138. The predicted octanol–water partition coefficient (Wildman–Crippen LogP) is 6.26. The Kier molecular flexibility index (Phi) is 6.26. The highest BCUT2D eigenvalue weighted by molar-refractivity contribution is 7.13. The number of carbonyl (C=O) groups is 1. The molecule has 3 aromatic heterocycles. The van der Waals surface area contributed by atoms with Crippen LogP contribution in [-0.4, -0.2) is 33.5 Å². The van der Waals surface area contributed by atoms with Gasteiger partial charge >= 0.3 is 0 Å². The average molecular weight is 509 g/mol. The van der Waals surface area contributed by atoms with Crippen molar-refractivity contribution < 1.29 is 13.9 Å². The van der Waals surface area contributed by atoms with Gasteiger partial charge in [0.25, 0.3) is 5.91 Å². The SMILES string of the molecule is CO[C@@H](C(=O)N1N=C(c2ccco2)C[C@H]1c1cn(-c2ccccc2)nc1-c1cccs1)c1ccccc1. The molecule has 0 aliphatic carbocycles. The predicted molar refractivity (Wildman–Crippen MR) is 143 cm³/mol. The fourth-order valence-electron chi connectivity index (χ4n) is 4.62. The molecule has 2 aromatic carbocycles. The van der Waals surface area contributed by atoms with Crippen LogP contribution < -0.4 is 0 Å². The Bertz CT molecular complexity index is 1510. The second-order valence-electron chi connectivity index (χ2n) is 8.64. The van der Waals surface area contributed by atoms with Gasteiger partial charge in [-0.05, 0) is 41.3 Å². The van der Waals surface area contributed by atoms with E-state index in [1.54, 1.807) is 29.7 Å². The zero-order valence-corrected chi connectivity index (χ0v) is 20.9. The number of ether oxygens (including phenoxy) is 1. The van der Waals surface area contributed by atoms with E-state index in [0.29, 0.717) is 17.9 Å². The van der Waals surface area contributed by atoms with E-state index in [4.69, 9.17) is 19.4 Å². The highest BCUT2D eigenvalue weighted by Crippen LogP contribution is 2.41. The Morgan fingerprint density at radius 1 is 1.03 bits per heavy atom. The first-order valence-electron chi connectivity index (χ1n) is 11.9. The van der Waals surface area contributed by atoms with Crippen LogP contribution in [0.25, 0.3) is 16.3 Å². The van der Waals surface area contributed by atoms with Crippen molar-refractivity contribution in [3.05, 3.63) is 120 Å². The third-order valence-electron chi connectivity index (χ3n) is 6.38. The van der Waals surface area contributed by atoms with Crippen LogP contribution in [-0.2, 0) is 9.53 Å². The molecule has 1 aliphatic heterocycles. The molecular formula is C29H24N4O3S. The van der Waals surface area contributed by atoms with Crippen LogP contribution in [0.1, 0.15) is 35.5 Å². The number of hydrogen-bond donors (Lipinski definition) is 0. The summed E-state index contributed by atoms with van der Waals surface area (Å²) in [5, 5.41) is 13.3. The molecule has 5 aromatic rings. The van der Waals surface area contributed by atoms with Gasteiger partial charge in [-0.25, -0.2) is 9.69 Å². The third kappa shape index (κ3) is 4.41. The van der Waals surface area contributed by atoms with Crippen molar-refractivity contribution in [3.8, 4) is 16.3 Å². The van der Waals surface area contributed by atoms with E-state index < -0.39 is 6.10 Å². The highest BCUT2D eigenvalue weighted by Gasteiger charge is 2.40. The number of nitrogens with zero attached hydrogens (tertiary/aromatic N) is 4. The van der Waals surface area contributed by atoms with E-state index in [1.807, 2.05) is 101 Å². The normalized spacial score (nSPS) is 16.1. The molecule has 37 heavy (non-hydrogen) atoms. The number of benzene rings is 2. The minimum Gasteiger partial charge on any atom is -0.463 e. The summed E-state index contributed by atoms with van der Waals surface area (Å²) in [7, 11) is 1.54. The van der Waals surface area contributed by atoms with Gasteiger partial charge in [-0.3, -0.25) is 4.79 Å². The van der Waals surface area contributed by atoms with Gasteiger partial charge in [-0.15, -0.1) is 11.3 Å². The van der Waals surface area contributed by atoms with Crippen molar-refractivity contribution in [2.75, 3.05) is 7.11 Å². The molecule has 1 aliphatic rings. The first-order chi connectivity index (χ1) is 18.2. The lowest BCUT2D eigenvalue weighted by Crippen LogP contribution is -2.32. The Labute approximate surface area is 218 Å². The summed E-state index contributed by atoms with van der Waals surface area (Å²) < 4.78 is 13.2. The number of rotatable bonds is 7. The van der Waals surface area contributed by atoms with E-state index in [2.05, 4.69) is 0 Å². The Hall–Kier alpha value is -4.27. The molecule has 0 spiro atoms. The molecule has 4 heterocycles. The van der Waals surface area contributed by atoms with Crippen molar-refractivity contribution in [2.45, 2.75) is 18.6 Å². The summed E-state index contributed by atoms with van der Waals surface area (Å²) in [6, 6.07) is 26.8. The minimum absolute atomic E-state index is 0.246. The van der Waals surface area contributed by atoms with Gasteiger partial charge in [0.1, 0.15) is 17.2 Å². The van der Waals surface area contributed by atoms with Crippen LogP contribution in [0.3, 0.4) is 0 Å². The summed E-state index contributed by atoms with van der Waals surface area (Å²) >= 11 is 1.61. The first-order valence-corrected chi connectivity index (χ1v) is 12.8. The van der Waals surface area contributed by atoms with Gasteiger partial charge < -0.3 is 9.15 Å². The average Bonchev–Trinajstić information content (AvgIpc) is 3.76. The summed E-state index contributed by atoms with van der Waals surface area (Å²) in [5.41, 5.74) is 4.15. The van der Waals surface area contributed by atoms with E-state index in [9.17, 15) is 4.79 Å². The second-order valence-corrected chi connectivity index (χ2v) is 9.59. The number of hydrogen-bond acceptors (Lipinski definition) is 6. The number of methoxy groups -OCH3 is 1. The van der Waals surface area contributed by atoms with Crippen molar-refractivity contribution >= 4 is 23.0 Å². The number of aromatic nitrogens is 2. The molecular weight excluding hydrogens is 484 g/mol. The van der Waals surface area contributed by atoms with Crippen LogP contribution in [0.2, 0.25) is 0 Å². The number of para-hydroxylation sites is 1. The van der Waals surface area contributed by atoms with Gasteiger partial charge in [0.15, 0.2) is 6.10 Å². The number of hydrazone groups is 1. The van der Waals surface area contributed by atoms with Crippen molar-refractivity contribution in [1.29, 1.82) is 0 Å². The molecule has 1 amide bonds. The molecule has 184 valence electrons. The molecule has 6 rings (SSSR count). The standard InChI is InChI=1S/C29H24N4O3S/c1-35-28(20-10-4-2-5-11-20)29(34)33-24(18-23(30-33)25-14-8-16-36-25)22-19-32(21-12-6-3-7-13-21)31-27(22)26-15-9-17-37-26/h2-17,19,24,28H,18H2,1H3/t24-,28+/m0/s1. The number of thiophene rings is 1. The molecule has 0 bridgehead atoms. The number of carbonyl (C=O) groups excluding carboxylic acids is 1. The van der Waals surface area contributed by atoms with Gasteiger partial charge in [0, 0.05) is 25.3 Å². The van der Waals surface area contributed by atoms with Gasteiger partial charge in [-0.1, -0.05) is 54.6 Å². The number of amides is 1. The maximum Gasteiger partial charge on any atom is 0.276 e. The summed E-state index contributed by atoms with van der Waals surface area (Å²) in [6.45, 7) is 0. The van der Waals surface area contributed by atoms with E-state index in [0.717, 1.165) is 27.4 Å². The quantitative estimate of drug-likeness (QED) is 0.260. The number of furan rings is 1. The van der Waals surface area contributed by atoms with Gasteiger partial charge in [0.2, 0.25) is 0 Å². The highest BCUT2D eigenvalue weighted by atomic mass is 32.1. The summed E-state index contributed by atoms with van der Waals surface area (Å²) in [4.78, 5) is 15.0.